The van der Waals surface area contributed by atoms with Crippen LogP contribution in [0.4, 0.5) is 0 Å². The standard InChI is InChI=1S/C9H15BrO/c1-4-6-5-7(10)8(11)9(6,2)3/h6-7H,4-5H2,1-3H3/t6?,7-/m1/s1. The summed E-state index contributed by atoms with van der Waals surface area (Å²) in [5.41, 5.74) is -0.0943. The highest BCUT2D eigenvalue weighted by Crippen LogP contribution is 2.44. The summed E-state index contributed by atoms with van der Waals surface area (Å²) in [6, 6.07) is 0. The third-order valence-electron chi connectivity index (χ3n) is 2.92. The van der Waals surface area contributed by atoms with Crippen molar-refractivity contribution in [3.63, 3.8) is 0 Å². The first-order chi connectivity index (χ1) is 5.00. The molecule has 64 valence electrons. The van der Waals surface area contributed by atoms with Crippen molar-refractivity contribution in [2.24, 2.45) is 11.3 Å². The molecule has 0 heterocycles. The lowest BCUT2D eigenvalue weighted by molar-refractivity contribution is -0.124. The van der Waals surface area contributed by atoms with Gasteiger partial charge in [0.25, 0.3) is 0 Å². The predicted molar refractivity (Wildman–Crippen MR) is 49.9 cm³/mol. The lowest BCUT2D eigenvalue weighted by Gasteiger charge is -2.23. The number of Topliss-reactive ketones (excluding diaryl/α,β-unsaturated/α-hetero) is 1. The van der Waals surface area contributed by atoms with Gasteiger partial charge in [0.15, 0.2) is 5.78 Å². The van der Waals surface area contributed by atoms with Gasteiger partial charge in [0, 0.05) is 5.41 Å². The molecule has 1 aliphatic rings. The van der Waals surface area contributed by atoms with Crippen molar-refractivity contribution >= 4 is 21.7 Å². The molecule has 0 bridgehead atoms. The van der Waals surface area contributed by atoms with Crippen molar-refractivity contribution in [1.29, 1.82) is 0 Å². The van der Waals surface area contributed by atoms with Gasteiger partial charge in [-0.1, -0.05) is 43.1 Å². The van der Waals surface area contributed by atoms with E-state index in [2.05, 4.69) is 36.7 Å². The van der Waals surface area contributed by atoms with Crippen LogP contribution in [0.3, 0.4) is 0 Å². The Morgan fingerprint density at radius 2 is 2.18 bits per heavy atom. The van der Waals surface area contributed by atoms with E-state index in [1.54, 1.807) is 0 Å². The molecule has 1 fully saturated rings. The zero-order valence-electron chi connectivity index (χ0n) is 7.36. The highest BCUT2D eigenvalue weighted by atomic mass is 79.9. The monoisotopic (exact) mass is 218 g/mol. The molecule has 1 nitrogen and oxygen atoms in total. The van der Waals surface area contributed by atoms with Crippen LogP contribution in [0.2, 0.25) is 0 Å². The van der Waals surface area contributed by atoms with E-state index in [0.29, 0.717) is 11.7 Å². The van der Waals surface area contributed by atoms with Crippen molar-refractivity contribution in [3.8, 4) is 0 Å². The average Bonchev–Trinajstić information content (AvgIpc) is 2.13. The van der Waals surface area contributed by atoms with Gasteiger partial charge < -0.3 is 0 Å². The van der Waals surface area contributed by atoms with Gasteiger partial charge in [0.2, 0.25) is 0 Å². The molecule has 0 aromatic rings. The van der Waals surface area contributed by atoms with E-state index in [1.807, 2.05) is 0 Å². The second kappa shape index (κ2) is 2.89. The molecule has 2 atom stereocenters. The molecule has 0 aromatic heterocycles. The number of carbonyl (C=O) groups is 1. The van der Waals surface area contributed by atoms with Crippen LogP contribution in [-0.2, 0) is 4.79 Å². The van der Waals surface area contributed by atoms with Crippen molar-refractivity contribution in [3.05, 3.63) is 0 Å². The fourth-order valence-corrected chi connectivity index (χ4v) is 2.97. The van der Waals surface area contributed by atoms with Gasteiger partial charge >= 0.3 is 0 Å². The van der Waals surface area contributed by atoms with Crippen molar-refractivity contribution in [1.82, 2.24) is 0 Å². The summed E-state index contributed by atoms with van der Waals surface area (Å²) in [6.07, 6.45) is 2.13. The fraction of sp³-hybridized carbons (Fsp3) is 0.889. The molecule has 2 heteroatoms. The summed E-state index contributed by atoms with van der Waals surface area (Å²) in [7, 11) is 0. The smallest absolute Gasteiger partial charge is 0.152 e. The van der Waals surface area contributed by atoms with Gasteiger partial charge in [-0.15, -0.1) is 0 Å². The molecule has 0 spiro atoms. The van der Waals surface area contributed by atoms with Crippen LogP contribution in [-0.4, -0.2) is 10.6 Å². The predicted octanol–water partition coefficient (Wildman–Crippen LogP) is 2.78. The summed E-state index contributed by atoms with van der Waals surface area (Å²) in [6.45, 7) is 6.28. The molecular formula is C9H15BrO. The Morgan fingerprint density at radius 1 is 1.64 bits per heavy atom. The Balaban J connectivity index is 2.82. The van der Waals surface area contributed by atoms with E-state index in [1.165, 1.54) is 0 Å². The zero-order chi connectivity index (χ0) is 8.65. The lowest BCUT2D eigenvalue weighted by Crippen LogP contribution is -2.26. The molecule has 1 aliphatic carbocycles. The number of ketones is 1. The van der Waals surface area contributed by atoms with E-state index in [9.17, 15) is 4.79 Å². The number of rotatable bonds is 1. The molecule has 1 rings (SSSR count). The summed E-state index contributed by atoms with van der Waals surface area (Å²) in [5.74, 6) is 0.948. The van der Waals surface area contributed by atoms with E-state index in [4.69, 9.17) is 0 Å². The van der Waals surface area contributed by atoms with Gasteiger partial charge in [0.1, 0.15) is 0 Å². The minimum absolute atomic E-state index is 0.0943. The number of alkyl halides is 1. The highest BCUT2D eigenvalue weighted by Gasteiger charge is 2.45. The second-order valence-electron chi connectivity index (χ2n) is 3.89. The first-order valence-corrected chi connectivity index (χ1v) is 5.10. The van der Waals surface area contributed by atoms with Crippen LogP contribution in [0.5, 0.6) is 0 Å². The molecule has 0 saturated heterocycles. The first kappa shape index (κ1) is 9.24. The Hall–Kier alpha value is 0.150. The van der Waals surface area contributed by atoms with E-state index in [0.717, 1.165) is 12.8 Å². The molecule has 1 unspecified atom stereocenters. The first-order valence-electron chi connectivity index (χ1n) is 4.18. The molecule has 1 saturated carbocycles. The SMILES string of the molecule is CCC1C[C@@H](Br)C(=O)C1(C)C. The maximum Gasteiger partial charge on any atom is 0.152 e. The molecule has 0 aliphatic heterocycles. The van der Waals surface area contributed by atoms with E-state index >= 15 is 0 Å². The van der Waals surface area contributed by atoms with Crippen LogP contribution in [0.25, 0.3) is 0 Å². The Morgan fingerprint density at radius 3 is 2.36 bits per heavy atom. The quantitative estimate of drug-likeness (QED) is 0.619. The van der Waals surface area contributed by atoms with Crippen LogP contribution in [0.15, 0.2) is 0 Å². The highest BCUT2D eigenvalue weighted by molar-refractivity contribution is 9.10. The van der Waals surface area contributed by atoms with Crippen molar-refractivity contribution in [2.45, 2.75) is 38.4 Å². The number of hydrogen-bond donors (Lipinski definition) is 0. The minimum Gasteiger partial charge on any atom is -0.298 e. The van der Waals surface area contributed by atoms with Crippen LogP contribution in [0.1, 0.15) is 33.6 Å². The van der Waals surface area contributed by atoms with Gasteiger partial charge in [-0.25, -0.2) is 0 Å². The summed E-state index contributed by atoms with van der Waals surface area (Å²) >= 11 is 3.41. The third kappa shape index (κ3) is 1.37. The average molecular weight is 219 g/mol. The number of halogens is 1. The van der Waals surface area contributed by atoms with Gasteiger partial charge in [0.05, 0.1) is 4.83 Å². The molecule has 0 N–H and O–H groups in total. The van der Waals surface area contributed by atoms with Crippen LogP contribution >= 0.6 is 15.9 Å². The van der Waals surface area contributed by atoms with Crippen molar-refractivity contribution < 1.29 is 4.79 Å². The zero-order valence-corrected chi connectivity index (χ0v) is 8.94. The Labute approximate surface area is 76.7 Å². The molecule has 0 amide bonds. The fourth-order valence-electron chi connectivity index (χ4n) is 1.93. The third-order valence-corrected chi connectivity index (χ3v) is 3.71. The molecular weight excluding hydrogens is 204 g/mol. The summed E-state index contributed by atoms with van der Waals surface area (Å²) < 4.78 is 0. The van der Waals surface area contributed by atoms with Gasteiger partial charge in [-0.2, -0.15) is 0 Å². The second-order valence-corrected chi connectivity index (χ2v) is 5.00. The minimum atomic E-state index is -0.0943. The maximum absolute atomic E-state index is 11.5. The number of carbonyl (C=O) groups excluding carboxylic acids is 1. The molecule has 0 radical (unpaired) electrons. The lowest BCUT2D eigenvalue weighted by atomic mass is 9.80. The Bertz CT molecular complexity index is 174. The normalized spacial score (nSPS) is 36.2. The van der Waals surface area contributed by atoms with E-state index in [-0.39, 0.29) is 10.2 Å². The summed E-state index contributed by atoms with van der Waals surface area (Å²) in [5, 5.41) is 0. The maximum atomic E-state index is 11.5. The Kier molecular flexibility index (Phi) is 2.43. The largest absolute Gasteiger partial charge is 0.298 e. The van der Waals surface area contributed by atoms with Gasteiger partial charge in [-0.05, 0) is 12.3 Å². The van der Waals surface area contributed by atoms with E-state index < -0.39 is 0 Å². The van der Waals surface area contributed by atoms with Crippen molar-refractivity contribution in [2.75, 3.05) is 0 Å². The summed E-state index contributed by atoms with van der Waals surface area (Å²) in [4.78, 5) is 11.7. The van der Waals surface area contributed by atoms with Gasteiger partial charge in [-0.3, -0.25) is 4.79 Å². The molecule has 0 aromatic carbocycles. The van der Waals surface area contributed by atoms with Crippen LogP contribution in [0, 0.1) is 11.3 Å². The van der Waals surface area contributed by atoms with Crippen LogP contribution < -0.4 is 0 Å². The number of hydrogen-bond acceptors (Lipinski definition) is 1. The molecule has 11 heavy (non-hydrogen) atoms. The topological polar surface area (TPSA) is 17.1 Å².